The van der Waals surface area contributed by atoms with Gasteiger partial charge in [-0.1, -0.05) is 67.1 Å². The van der Waals surface area contributed by atoms with Crippen LogP contribution < -0.4 is 16.0 Å². The highest BCUT2D eigenvalue weighted by molar-refractivity contribution is 5.75. The summed E-state index contributed by atoms with van der Waals surface area (Å²) in [5, 5.41) is 19.2. The van der Waals surface area contributed by atoms with Gasteiger partial charge in [-0.05, 0) is 141 Å². The molecule has 13 nitrogen and oxygen atoms in total. The molecule has 0 bridgehead atoms. The summed E-state index contributed by atoms with van der Waals surface area (Å²) in [5.74, 6) is -4.43. The number of ether oxygens (including phenoxy) is 2. The number of halogens is 6. The van der Waals surface area contributed by atoms with Gasteiger partial charge >= 0.3 is 12.2 Å². The van der Waals surface area contributed by atoms with E-state index in [1.54, 1.807) is 4.90 Å². The Hall–Kier alpha value is -6.96. The Bertz CT molecular complexity index is 2800. The van der Waals surface area contributed by atoms with Crippen LogP contribution in [-0.2, 0) is 51.4 Å². The molecule has 5 aliphatic rings. The first kappa shape index (κ1) is 60.1. The van der Waals surface area contributed by atoms with Crippen molar-refractivity contribution >= 4 is 24.0 Å². The molecule has 19 heteroatoms. The van der Waals surface area contributed by atoms with Gasteiger partial charge in [0.25, 0.3) is 0 Å². The first-order valence-electron chi connectivity index (χ1n) is 28.0. The van der Waals surface area contributed by atoms with Crippen LogP contribution in [0.2, 0.25) is 0 Å². The molecule has 5 saturated heterocycles. The number of aliphatic hydroxyl groups excluding tert-OH is 1. The van der Waals surface area contributed by atoms with Crippen LogP contribution in [0.3, 0.4) is 0 Å². The predicted octanol–water partition coefficient (Wildman–Crippen LogP) is 9.85. The van der Waals surface area contributed by atoms with Crippen LogP contribution in [0.25, 0.3) is 0 Å². The van der Waals surface area contributed by atoms with E-state index in [4.69, 9.17) is 9.47 Å². The summed E-state index contributed by atoms with van der Waals surface area (Å²) in [6.07, 6.45) is 6.81. The minimum Gasteiger partial charge on any atom is -0.442 e. The zero-order valence-corrected chi connectivity index (χ0v) is 45.7. The Kier molecular flexibility index (Phi) is 21.3. The highest BCUT2D eigenvalue weighted by atomic mass is 19.2. The van der Waals surface area contributed by atoms with E-state index in [2.05, 4.69) is 45.1 Å². The minimum absolute atomic E-state index is 0.0336. The monoisotopic (exact) mass is 1130 g/mol. The summed E-state index contributed by atoms with van der Waals surface area (Å²) >= 11 is 0. The van der Waals surface area contributed by atoms with E-state index in [-0.39, 0.29) is 67.1 Å². The molecule has 10 rings (SSSR count). The first-order chi connectivity index (χ1) is 39.0. The number of rotatable bonds is 17. The van der Waals surface area contributed by atoms with Crippen molar-refractivity contribution in [3.8, 4) is 0 Å². The molecule has 5 aromatic rings. The van der Waals surface area contributed by atoms with E-state index >= 15 is 0 Å². The second-order valence-corrected chi connectivity index (χ2v) is 21.8. The number of carbonyl (C=O) groups is 4. The number of aliphatic hydroxyl groups is 1. The first-order valence-corrected chi connectivity index (χ1v) is 28.0. The zero-order chi connectivity index (χ0) is 57.6. The highest BCUT2D eigenvalue weighted by Gasteiger charge is 2.49. The van der Waals surface area contributed by atoms with E-state index in [9.17, 15) is 50.6 Å². The van der Waals surface area contributed by atoms with E-state index < -0.39 is 59.2 Å². The molecular formula is C62H72F6N6O7. The van der Waals surface area contributed by atoms with Crippen molar-refractivity contribution in [1.29, 1.82) is 0 Å². The summed E-state index contributed by atoms with van der Waals surface area (Å²) in [6.45, 7) is 6.13. The molecule has 434 valence electrons. The van der Waals surface area contributed by atoms with Crippen LogP contribution in [0.1, 0.15) is 99.5 Å². The summed E-state index contributed by atoms with van der Waals surface area (Å²) in [4.78, 5) is 53.6. The topological polar surface area (TPSA) is 153 Å². The van der Waals surface area contributed by atoms with Gasteiger partial charge in [-0.25, -0.2) is 35.9 Å². The summed E-state index contributed by atoms with van der Waals surface area (Å²) in [5.41, 5.74) is 3.64. The van der Waals surface area contributed by atoms with Gasteiger partial charge < -0.3 is 40.3 Å². The standard InChI is InChI=1S/C29H30F2N2O2.C17H20F2N2O3.C16H22F2N2O2/c30-24-15-23(16-25(31)18-24)17-27(28-26-13-7-8-14-33(26)29(34)35-28)32(19-21-9-3-1-4-10-21)20-22-11-5-2-6-12-22;1-10(22)20-14(8-11-6-12(18)9-13(19)7-11)16-15-4-2-3-5-21(15)17(23)24-16;1-10(21)20-15(16(22)14-4-2-3-5-19-14)8-11-6-12(17)9-13(18)7-11/h1-6,9-12,15-16,18,26-28H,7-8,13-14,17,19-20H2;6-7,9,14-16H,2-5,8H2,1H3,(H,20,22);6-7,9,14-16,19,22H,2-5,8H2,1H3,(H,20,21)/t26-,27+,28+;14-,15-,16-;14-,15-,16+/m000/s1. The molecule has 9 atom stereocenters. The van der Waals surface area contributed by atoms with Crippen LogP contribution in [0.4, 0.5) is 35.9 Å². The molecule has 0 spiro atoms. The fraction of sp³-hybridized carbons (Fsp3) is 0.452. The number of carbonyl (C=O) groups excluding carboxylic acids is 4. The predicted molar refractivity (Wildman–Crippen MR) is 292 cm³/mol. The van der Waals surface area contributed by atoms with Crippen LogP contribution in [-0.4, -0.2) is 118 Å². The van der Waals surface area contributed by atoms with Gasteiger partial charge in [0.2, 0.25) is 11.8 Å². The Morgan fingerprint density at radius 3 is 1.46 bits per heavy atom. The van der Waals surface area contributed by atoms with Gasteiger partial charge in [-0.2, -0.15) is 0 Å². The second kappa shape index (κ2) is 28.6. The van der Waals surface area contributed by atoms with Crippen LogP contribution in [0.5, 0.6) is 0 Å². The molecule has 0 saturated carbocycles. The number of cyclic esters (lactones) is 2. The van der Waals surface area contributed by atoms with E-state index in [0.717, 1.165) is 93.7 Å². The third-order valence-electron chi connectivity index (χ3n) is 15.6. The number of nitrogens with zero attached hydrogens (tertiary/aromatic N) is 3. The van der Waals surface area contributed by atoms with Gasteiger partial charge in [0.05, 0.1) is 36.3 Å². The molecule has 0 aliphatic carbocycles. The molecule has 0 aromatic heterocycles. The zero-order valence-electron chi connectivity index (χ0n) is 45.7. The fourth-order valence-electron chi connectivity index (χ4n) is 12.1. The molecular weight excluding hydrogens is 1050 g/mol. The molecule has 5 fully saturated rings. The molecule has 81 heavy (non-hydrogen) atoms. The number of hydrogen-bond donors (Lipinski definition) is 4. The average molecular weight is 1130 g/mol. The van der Waals surface area contributed by atoms with Gasteiger partial charge in [-0.15, -0.1) is 0 Å². The van der Waals surface area contributed by atoms with E-state index in [1.807, 2.05) is 41.3 Å². The largest absolute Gasteiger partial charge is 0.442 e. The smallest absolute Gasteiger partial charge is 0.410 e. The van der Waals surface area contributed by atoms with Crippen molar-refractivity contribution in [2.45, 2.75) is 159 Å². The van der Waals surface area contributed by atoms with Gasteiger partial charge in [0.1, 0.15) is 47.1 Å². The maximum Gasteiger partial charge on any atom is 0.410 e. The quantitative estimate of drug-likeness (QED) is 0.0667. The van der Waals surface area contributed by atoms with Gasteiger partial charge in [0, 0.05) is 64.3 Å². The Morgan fingerprint density at radius 1 is 0.568 bits per heavy atom. The van der Waals surface area contributed by atoms with Crippen molar-refractivity contribution in [2.24, 2.45) is 0 Å². The maximum absolute atomic E-state index is 14.1. The SMILES string of the molecule is CC(=O)N[C@@H](Cc1cc(F)cc(F)c1)[C@@H]1OC(=O)N2CCCC[C@@H]12.CC(=O)N[C@@H](Cc1cc(F)cc(F)c1)[C@H](O)[C@@H]1CCCCN1.O=C1O[C@@H]([C@@H](Cc2cc(F)cc(F)c2)N(Cc2ccccc2)Cc2ccccc2)[C@@H]2CCCCN12. The van der Waals surface area contributed by atoms with Crippen LogP contribution in [0.15, 0.2) is 115 Å². The van der Waals surface area contributed by atoms with Crippen LogP contribution in [0, 0.1) is 34.9 Å². The van der Waals surface area contributed by atoms with Crippen molar-refractivity contribution in [3.63, 3.8) is 0 Å². The molecule has 4 amide bonds. The molecule has 0 radical (unpaired) electrons. The van der Waals surface area contributed by atoms with Gasteiger partial charge in [-0.3, -0.25) is 14.5 Å². The summed E-state index contributed by atoms with van der Waals surface area (Å²) in [7, 11) is 0. The Morgan fingerprint density at radius 2 is 1.00 bits per heavy atom. The number of piperidine rings is 3. The van der Waals surface area contributed by atoms with Crippen LogP contribution >= 0.6 is 0 Å². The number of amides is 4. The Labute approximate surface area is 469 Å². The molecule has 5 aromatic carbocycles. The number of benzene rings is 5. The molecule has 5 aliphatic heterocycles. The lowest BCUT2D eigenvalue weighted by atomic mass is 9.89. The van der Waals surface area contributed by atoms with Crippen molar-refractivity contribution in [1.82, 2.24) is 30.7 Å². The van der Waals surface area contributed by atoms with Crippen molar-refractivity contribution < 1.29 is 60.1 Å². The number of nitrogens with one attached hydrogen (secondary N) is 3. The van der Waals surface area contributed by atoms with Crippen molar-refractivity contribution in [2.75, 3.05) is 19.6 Å². The lowest BCUT2D eigenvalue weighted by Gasteiger charge is -2.38. The average Bonchev–Trinajstić information content (AvgIpc) is 3.95. The maximum atomic E-state index is 14.1. The molecule has 5 heterocycles. The number of fused-ring (bicyclic) bond motifs is 2. The number of hydrogen-bond acceptors (Lipinski definition) is 9. The Balaban J connectivity index is 0.000000166. The third-order valence-corrected chi connectivity index (χ3v) is 15.6. The highest BCUT2D eigenvalue weighted by Crippen LogP contribution is 2.35. The fourth-order valence-corrected chi connectivity index (χ4v) is 12.1. The molecule has 4 N–H and O–H groups in total. The lowest BCUT2D eigenvalue weighted by molar-refractivity contribution is -0.121. The normalized spacial score (nSPS) is 21.8. The minimum atomic E-state index is -0.810. The van der Waals surface area contributed by atoms with E-state index in [0.29, 0.717) is 49.3 Å². The molecule has 0 unspecified atom stereocenters. The summed E-state index contributed by atoms with van der Waals surface area (Å²) < 4.78 is 93.2. The van der Waals surface area contributed by atoms with Gasteiger partial charge in [0.15, 0.2) is 0 Å². The summed E-state index contributed by atoms with van der Waals surface area (Å²) in [6, 6.07) is 28.8. The third kappa shape index (κ3) is 17.0. The van der Waals surface area contributed by atoms with E-state index in [1.165, 1.54) is 50.2 Å². The second-order valence-electron chi connectivity index (χ2n) is 21.8. The van der Waals surface area contributed by atoms with Crippen molar-refractivity contribution in [3.05, 3.63) is 178 Å². The lowest BCUT2D eigenvalue weighted by Crippen LogP contribution is -2.54.